The zero-order valence-corrected chi connectivity index (χ0v) is 14.8. The van der Waals surface area contributed by atoms with Crippen molar-refractivity contribution in [2.24, 2.45) is 5.92 Å². The minimum absolute atomic E-state index is 0. The van der Waals surface area contributed by atoms with Gasteiger partial charge in [-0.1, -0.05) is 19.3 Å². The lowest BCUT2D eigenvalue weighted by atomic mass is 9.87. The molecule has 0 radical (unpaired) electrons. The number of piperazine rings is 1. The molecule has 0 atom stereocenters. The molecular formula is C16H31ClN4O2. The summed E-state index contributed by atoms with van der Waals surface area (Å²) in [7, 11) is 0. The minimum atomic E-state index is -0.0906. The lowest BCUT2D eigenvalue weighted by Gasteiger charge is -2.27. The van der Waals surface area contributed by atoms with Crippen molar-refractivity contribution in [1.29, 1.82) is 0 Å². The van der Waals surface area contributed by atoms with Gasteiger partial charge in [-0.3, -0.25) is 14.5 Å². The maximum Gasteiger partial charge on any atom is 0.239 e. The summed E-state index contributed by atoms with van der Waals surface area (Å²) in [5.41, 5.74) is 0. The molecule has 2 amide bonds. The van der Waals surface area contributed by atoms with E-state index in [-0.39, 0.29) is 30.8 Å². The summed E-state index contributed by atoms with van der Waals surface area (Å²) in [6, 6.07) is 0. The Labute approximate surface area is 145 Å². The first-order valence-electron chi connectivity index (χ1n) is 8.70. The van der Waals surface area contributed by atoms with Gasteiger partial charge in [0.1, 0.15) is 0 Å². The van der Waals surface area contributed by atoms with Crippen LogP contribution in [0.5, 0.6) is 0 Å². The van der Waals surface area contributed by atoms with E-state index in [4.69, 9.17) is 0 Å². The standard InChI is InChI=1S/C16H30N4O2.ClH/c21-15(12-14-4-2-1-3-5-14)19-13-16(22)18-8-11-20-9-6-17-7-10-20;/h14,17H,1-13H2,(H,18,22)(H,19,21);1H. The Morgan fingerprint density at radius 1 is 1.00 bits per heavy atom. The number of carbonyl (C=O) groups is 2. The van der Waals surface area contributed by atoms with Crippen molar-refractivity contribution in [2.45, 2.75) is 38.5 Å². The van der Waals surface area contributed by atoms with Gasteiger partial charge in [0, 0.05) is 45.7 Å². The van der Waals surface area contributed by atoms with Crippen molar-refractivity contribution < 1.29 is 9.59 Å². The Balaban J connectivity index is 0.00000264. The fourth-order valence-electron chi connectivity index (χ4n) is 3.26. The number of hydrogen-bond acceptors (Lipinski definition) is 4. The number of carbonyl (C=O) groups excluding carboxylic acids is 2. The van der Waals surface area contributed by atoms with Gasteiger partial charge in [0.15, 0.2) is 0 Å². The van der Waals surface area contributed by atoms with E-state index in [1.54, 1.807) is 0 Å². The number of hydrogen-bond donors (Lipinski definition) is 3. The maximum absolute atomic E-state index is 11.8. The van der Waals surface area contributed by atoms with Crippen LogP contribution in [-0.2, 0) is 9.59 Å². The molecule has 0 aromatic heterocycles. The summed E-state index contributed by atoms with van der Waals surface area (Å²) >= 11 is 0. The molecule has 1 aliphatic carbocycles. The lowest BCUT2D eigenvalue weighted by Crippen LogP contribution is -2.47. The van der Waals surface area contributed by atoms with Gasteiger partial charge < -0.3 is 16.0 Å². The molecule has 0 unspecified atom stereocenters. The third-order valence-electron chi connectivity index (χ3n) is 4.60. The Morgan fingerprint density at radius 2 is 1.70 bits per heavy atom. The number of nitrogens with zero attached hydrogens (tertiary/aromatic N) is 1. The first-order valence-corrected chi connectivity index (χ1v) is 8.70. The normalized spacial score (nSPS) is 19.7. The number of amides is 2. The monoisotopic (exact) mass is 346 g/mol. The van der Waals surface area contributed by atoms with E-state index >= 15 is 0 Å². The molecule has 2 rings (SSSR count). The van der Waals surface area contributed by atoms with E-state index in [1.165, 1.54) is 19.3 Å². The highest BCUT2D eigenvalue weighted by Crippen LogP contribution is 2.25. The first kappa shape index (κ1) is 20.2. The van der Waals surface area contributed by atoms with Gasteiger partial charge >= 0.3 is 0 Å². The summed E-state index contributed by atoms with van der Waals surface area (Å²) in [4.78, 5) is 25.9. The highest BCUT2D eigenvalue weighted by atomic mass is 35.5. The predicted molar refractivity (Wildman–Crippen MR) is 93.8 cm³/mol. The molecule has 1 saturated carbocycles. The van der Waals surface area contributed by atoms with E-state index in [2.05, 4.69) is 20.9 Å². The van der Waals surface area contributed by atoms with Gasteiger partial charge in [-0.2, -0.15) is 0 Å². The zero-order chi connectivity index (χ0) is 15.6. The molecule has 3 N–H and O–H groups in total. The second-order valence-electron chi connectivity index (χ2n) is 6.43. The summed E-state index contributed by atoms with van der Waals surface area (Å²) in [5.74, 6) is 0.445. The summed E-state index contributed by atoms with van der Waals surface area (Å²) < 4.78 is 0. The molecule has 2 fully saturated rings. The summed E-state index contributed by atoms with van der Waals surface area (Å²) in [6.07, 6.45) is 6.67. The lowest BCUT2D eigenvalue weighted by molar-refractivity contribution is -0.126. The van der Waals surface area contributed by atoms with Crippen molar-refractivity contribution in [1.82, 2.24) is 20.9 Å². The predicted octanol–water partition coefficient (Wildman–Crippen LogP) is 0.516. The number of halogens is 1. The molecule has 1 heterocycles. The van der Waals surface area contributed by atoms with Gasteiger partial charge in [-0.15, -0.1) is 12.4 Å². The van der Waals surface area contributed by atoms with Crippen LogP contribution in [-0.4, -0.2) is 62.5 Å². The zero-order valence-electron chi connectivity index (χ0n) is 13.9. The molecule has 1 aliphatic heterocycles. The SMILES string of the molecule is Cl.O=C(CNC(=O)CC1CCCCC1)NCCN1CCNCC1. The van der Waals surface area contributed by atoms with Crippen molar-refractivity contribution >= 4 is 24.2 Å². The van der Waals surface area contributed by atoms with Crippen LogP contribution in [0.1, 0.15) is 38.5 Å². The molecule has 23 heavy (non-hydrogen) atoms. The van der Waals surface area contributed by atoms with Crippen molar-refractivity contribution in [3.8, 4) is 0 Å². The maximum atomic E-state index is 11.8. The van der Waals surface area contributed by atoms with Crippen molar-refractivity contribution in [3.05, 3.63) is 0 Å². The van der Waals surface area contributed by atoms with Crippen molar-refractivity contribution in [3.63, 3.8) is 0 Å². The molecule has 0 aromatic rings. The van der Waals surface area contributed by atoms with E-state index in [9.17, 15) is 9.59 Å². The number of rotatable bonds is 7. The molecule has 0 aromatic carbocycles. The van der Waals surface area contributed by atoms with Gasteiger partial charge in [-0.25, -0.2) is 0 Å². The topological polar surface area (TPSA) is 73.5 Å². The van der Waals surface area contributed by atoms with Gasteiger partial charge in [0.05, 0.1) is 6.54 Å². The van der Waals surface area contributed by atoms with Crippen LogP contribution in [0.2, 0.25) is 0 Å². The quantitative estimate of drug-likeness (QED) is 0.628. The Morgan fingerprint density at radius 3 is 2.39 bits per heavy atom. The van der Waals surface area contributed by atoms with Crippen LogP contribution >= 0.6 is 12.4 Å². The molecule has 0 spiro atoms. The number of nitrogens with one attached hydrogen (secondary N) is 3. The highest BCUT2D eigenvalue weighted by Gasteiger charge is 2.17. The van der Waals surface area contributed by atoms with Gasteiger partial charge in [0.25, 0.3) is 0 Å². The van der Waals surface area contributed by atoms with Gasteiger partial charge in [-0.05, 0) is 18.8 Å². The largest absolute Gasteiger partial charge is 0.353 e. The summed E-state index contributed by atoms with van der Waals surface area (Å²) in [5, 5.41) is 8.92. The first-order chi connectivity index (χ1) is 10.7. The second kappa shape index (κ2) is 11.6. The van der Waals surface area contributed by atoms with Crippen LogP contribution in [0.4, 0.5) is 0 Å². The fourth-order valence-corrected chi connectivity index (χ4v) is 3.26. The molecule has 1 saturated heterocycles. The molecule has 134 valence electrons. The molecule has 0 bridgehead atoms. The van der Waals surface area contributed by atoms with Crippen LogP contribution in [0.15, 0.2) is 0 Å². The third-order valence-corrected chi connectivity index (χ3v) is 4.60. The smallest absolute Gasteiger partial charge is 0.239 e. The molecule has 7 heteroatoms. The van der Waals surface area contributed by atoms with Gasteiger partial charge in [0.2, 0.25) is 11.8 Å². The molecule has 6 nitrogen and oxygen atoms in total. The Hall–Kier alpha value is -0.850. The van der Waals surface area contributed by atoms with Crippen molar-refractivity contribution in [2.75, 3.05) is 45.8 Å². The average Bonchev–Trinajstić information content (AvgIpc) is 2.55. The molecule has 2 aliphatic rings. The molecular weight excluding hydrogens is 316 g/mol. The Bertz CT molecular complexity index is 356. The third kappa shape index (κ3) is 8.53. The van der Waals surface area contributed by atoms with Crippen LogP contribution < -0.4 is 16.0 Å². The second-order valence-corrected chi connectivity index (χ2v) is 6.43. The van der Waals surface area contributed by atoms with E-state index in [0.717, 1.165) is 45.6 Å². The van der Waals surface area contributed by atoms with Crippen LogP contribution in [0.3, 0.4) is 0 Å². The van der Waals surface area contributed by atoms with E-state index in [0.29, 0.717) is 18.9 Å². The van der Waals surface area contributed by atoms with Crippen LogP contribution in [0.25, 0.3) is 0 Å². The summed E-state index contributed by atoms with van der Waals surface area (Å²) in [6.45, 7) is 5.74. The minimum Gasteiger partial charge on any atom is -0.353 e. The van der Waals surface area contributed by atoms with Crippen LogP contribution in [0, 0.1) is 5.92 Å². The van der Waals surface area contributed by atoms with E-state index < -0.39 is 0 Å². The highest BCUT2D eigenvalue weighted by molar-refractivity contribution is 5.85. The fraction of sp³-hybridized carbons (Fsp3) is 0.875. The Kier molecular flexibility index (Phi) is 10.2. The van der Waals surface area contributed by atoms with E-state index in [1.807, 2.05) is 0 Å². The average molecular weight is 347 g/mol.